The van der Waals surface area contributed by atoms with Crippen molar-refractivity contribution in [3.8, 4) is 0 Å². The van der Waals surface area contributed by atoms with Gasteiger partial charge in [0.25, 0.3) is 0 Å². The van der Waals surface area contributed by atoms with Gasteiger partial charge in [0.2, 0.25) is 0 Å². The first-order chi connectivity index (χ1) is 6.70. The average molecular weight is 192 g/mol. The molecule has 4 heteroatoms. The molecule has 14 heavy (non-hydrogen) atoms. The maximum absolute atomic E-state index is 11.1. The largest absolute Gasteiger partial charge is 0.464 e. The second kappa shape index (κ2) is 4.41. The first kappa shape index (κ1) is 10.2. The lowest BCUT2D eigenvalue weighted by atomic mass is 10.1. The van der Waals surface area contributed by atoms with Gasteiger partial charge in [0.05, 0.1) is 7.11 Å². The van der Waals surface area contributed by atoms with Crippen LogP contribution in [0.2, 0.25) is 0 Å². The van der Waals surface area contributed by atoms with Gasteiger partial charge in [-0.2, -0.15) is 0 Å². The summed E-state index contributed by atoms with van der Waals surface area (Å²) >= 11 is 0. The lowest BCUT2D eigenvalue weighted by Crippen LogP contribution is -2.17. The maximum atomic E-state index is 11.1. The third-order valence-electron chi connectivity index (χ3n) is 1.86. The molecule has 2 N–H and O–H groups in total. The van der Waals surface area contributed by atoms with E-state index in [0.29, 0.717) is 5.56 Å². The van der Waals surface area contributed by atoms with Crippen LogP contribution in [0, 0.1) is 5.41 Å². The summed E-state index contributed by atoms with van der Waals surface area (Å²) in [6.07, 6.45) is 0. The molecule has 4 nitrogen and oxygen atoms in total. The van der Waals surface area contributed by atoms with Gasteiger partial charge in [0, 0.05) is 18.3 Å². The van der Waals surface area contributed by atoms with Crippen molar-refractivity contribution in [1.29, 1.82) is 5.41 Å². The van der Waals surface area contributed by atoms with Gasteiger partial charge in [-0.05, 0) is 6.07 Å². The second-order valence-corrected chi connectivity index (χ2v) is 2.66. The normalized spacial score (nSPS) is 9.29. The van der Waals surface area contributed by atoms with Gasteiger partial charge < -0.3 is 10.1 Å². The molecule has 0 heterocycles. The first-order valence-electron chi connectivity index (χ1n) is 4.14. The van der Waals surface area contributed by atoms with Crippen molar-refractivity contribution in [3.63, 3.8) is 0 Å². The van der Waals surface area contributed by atoms with Crippen LogP contribution in [0.1, 0.15) is 5.56 Å². The summed E-state index contributed by atoms with van der Waals surface area (Å²) in [5.74, 6) is -0.632. The van der Waals surface area contributed by atoms with Crippen LogP contribution >= 0.6 is 0 Å². The highest BCUT2D eigenvalue weighted by molar-refractivity contribution is 6.43. The molecule has 0 unspecified atom stereocenters. The number of hydrogen-bond donors (Lipinski definition) is 2. The molecule has 1 rings (SSSR count). The minimum Gasteiger partial charge on any atom is -0.464 e. The minimum atomic E-state index is -0.632. The molecule has 0 aliphatic rings. The molecule has 0 aliphatic carbocycles. The van der Waals surface area contributed by atoms with Gasteiger partial charge >= 0.3 is 5.97 Å². The fraction of sp³-hybridized carbons (Fsp3) is 0.200. The number of para-hydroxylation sites is 1. The molecule has 1 aromatic carbocycles. The van der Waals surface area contributed by atoms with Crippen LogP contribution in [0.25, 0.3) is 0 Å². The Kier molecular flexibility index (Phi) is 3.23. The standard InChI is InChI=1S/C10H12N2O2/c1-12-8-6-4-3-5-7(8)9(11)10(13)14-2/h3-6,11-12H,1-2H3. The minimum absolute atomic E-state index is 0.141. The van der Waals surface area contributed by atoms with E-state index in [1.54, 1.807) is 25.2 Å². The third-order valence-corrected chi connectivity index (χ3v) is 1.86. The Bertz CT molecular complexity index is 361. The van der Waals surface area contributed by atoms with E-state index >= 15 is 0 Å². The predicted octanol–water partition coefficient (Wildman–Crippen LogP) is 1.27. The molecule has 0 aromatic heterocycles. The molecule has 1 aromatic rings. The second-order valence-electron chi connectivity index (χ2n) is 2.66. The van der Waals surface area contributed by atoms with Crippen molar-refractivity contribution < 1.29 is 9.53 Å². The molecule has 74 valence electrons. The summed E-state index contributed by atoms with van der Waals surface area (Å²) in [6.45, 7) is 0. The molecular formula is C10H12N2O2. The van der Waals surface area contributed by atoms with Gasteiger partial charge in [-0.15, -0.1) is 0 Å². The Balaban J connectivity index is 3.06. The van der Waals surface area contributed by atoms with Crippen LogP contribution in [0.3, 0.4) is 0 Å². The molecule has 0 amide bonds. The third kappa shape index (κ3) is 1.90. The van der Waals surface area contributed by atoms with E-state index in [4.69, 9.17) is 5.41 Å². The number of anilines is 1. The quantitative estimate of drug-likeness (QED) is 0.560. The van der Waals surface area contributed by atoms with Crippen molar-refractivity contribution in [3.05, 3.63) is 29.8 Å². The summed E-state index contributed by atoms with van der Waals surface area (Å²) in [7, 11) is 3.00. The Morgan fingerprint density at radius 2 is 2.07 bits per heavy atom. The van der Waals surface area contributed by atoms with E-state index in [9.17, 15) is 4.79 Å². The van der Waals surface area contributed by atoms with Crippen molar-refractivity contribution in [2.45, 2.75) is 0 Å². The summed E-state index contributed by atoms with van der Waals surface area (Å²) in [5.41, 5.74) is 1.14. The number of ether oxygens (including phenoxy) is 1. The molecule has 0 aliphatic heterocycles. The number of methoxy groups -OCH3 is 1. The maximum Gasteiger partial charge on any atom is 0.356 e. The number of benzene rings is 1. The van der Waals surface area contributed by atoms with Crippen molar-refractivity contribution >= 4 is 17.4 Å². The zero-order valence-corrected chi connectivity index (χ0v) is 8.13. The number of nitrogens with one attached hydrogen (secondary N) is 2. The fourth-order valence-corrected chi connectivity index (χ4v) is 1.13. The monoisotopic (exact) mass is 192 g/mol. The summed E-state index contributed by atoms with van der Waals surface area (Å²) in [6, 6.07) is 7.10. The molecule has 0 radical (unpaired) electrons. The van der Waals surface area contributed by atoms with Crippen LogP contribution in [0.15, 0.2) is 24.3 Å². The summed E-state index contributed by atoms with van der Waals surface area (Å²) < 4.78 is 4.47. The highest BCUT2D eigenvalue weighted by Gasteiger charge is 2.14. The molecule has 0 bridgehead atoms. The SMILES string of the molecule is CNc1ccccc1C(=N)C(=O)OC. The van der Waals surface area contributed by atoms with Crippen LogP contribution < -0.4 is 5.32 Å². The van der Waals surface area contributed by atoms with E-state index in [-0.39, 0.29) is 5.71 Å². The molecule has 0 spiro atoms. The average Bonchev–Trinajstić information content (AvgIpc) is 2.26. The van der Waals surface area contributed by atoms with Crippen molar-refractivity contribution in [1.82, 2.24) is 0 Å². The fourth-order valence-electron chi connectivity index (χ4n) is 1.13. The van der Waals surface area contributed by atoms with Crippen LogP contribution in [0.5, 0.6) is 0 Å². The van der Waals surface area contributed by atoms with Crippen LogP contribution in [-0.2, 0) is 9.53 Å². The zero-order valence-electron chi connectivity index (χ0n) is 8.13. The number of esters is 1. The summed E-state index contributed by atoms with van der Waals surface area (Å²) in [4.78, 5) is 11.1. The number of carbonyl (C=O) groups is 1. The van der Waals surface area contributed by atoms with Crippen molar-refractivity contribution in [2.24, 2.45) is 0 Å². The van der Waals surface area contributed by atoms with Gasteiger partial charge in [0.1, 0.15) is 5.71 Å². The lowest BCUT2D eigenvalue weighted by Gasteiger charge is -2.07. The Morgan fingerprint density at radius 3 is 2.64 bits per heavy atom. The zero-order chi connectivity index (χ0) is 10.6. The molecule has 0 saturated heterocycles. The smallest absolute Gasteiger partial charge is 0.356 e. The van der Waals surface area contributed by atoms with E-state index in [0.717, 1.165) is 5.69 Å². The van der Waals surface area contributed by atoms with E-state index in [2.05, 4.69) is 10.1 Å². The van der Waals surface area contributed by atoms with Gasteiger partial charge in [-0.25, -0.2) is 4.79 Å². The van der Waals surface area contributed by atoms with E-state index in [1.807, 2.05) is 6.07 Å². The Hall–Kier alpha value is -1.84. The van der Waals surface area contributed by atoms with Crippen LogP contribution in [-0.4, -0.2) is 25.8 Å². The molecular weight excluding hydrogens is 180 g/mol. The number of hydrogen-bond acceptors (Lipinski definition) is 4. The molecule has 0 atom stereocenters. The van der Waals surface area contributed by atoms with E-state index in [1.165, 1.54) is 7.11 Å². The predicted molar refractivity (Wildman–Crippen MR) is 54.8 cm³/mol. The Morgan fingerprint density at radius 1 is 1.43 bits per heavy atom. The van der Waals surface area contributed by atoms with E-state index < -0.39 is 5.97 Å². The number of rotatable bonds is 3. The Labute approximate surface area is 82.4 Å². The van der Waals surface area contributed by atoms with Gasteiger partial charge in [-0.1, -0.05) is 18.2 Å². The lowest BCUT2D eigenvalue weighted by molar-refractivity contribution is -0.132. The highest BCUT2D eigenvalue weighted by atomic mass is 16.5. The molecule has 0 saturated carbocycles. The number of carbonyl (C=O) groups excluding carboxylic acids is 1. The van der Waals surface area contributed by atoms with Crippen LogP contribution in [0.4, 0.5) is 5.69 Å². The van der Waals surface area contributed by atoms with Gasteiger partial charge in [-0.3, -0.25) is 5.41 Å². The first-order valence-corrected chi connectivity index (χ1v) is 4.14. The topological polar surface area (TPSA) is 62.2 Å². The van der Waals surface area contributed by atoms with Gasteiger partial charge in [0.15, 0.2) is 0 Å². The van der Waals surface area contributed by atoms with Crippen molar-refractivity contribution in [2.75, 3.05) is 19.5 Å². The molecule has 0 fully saturated rings. The summed E-state index contributed by atoms with van der Waals surface area (Å²) in [5, 5.41) is 10.5. The highest BCUT2D eigenvalue weighted by Crippen LogP contribution is 2.14.